The number of ether oxygens (including phenoxy) is 1. The van der Waals surface area contributed by atoms with Crippen molar-refractivity contribution in [2.24, 2.45) is 0 Å². The third kappa shape index (κ3) is 2.64. The molecular weight excluding hydrogens is 304 g/mol. The fraction of sp³-hybridized carbons (Fsp3) is 0.562. The van der Waals surface area contributed by atoms with Gasteiger partial charge in [0.1, 0.15) is 17.1 Å². The SMILES string of the molecule is CCOc1cccc2c1nc(CCl)n2C1CCCC1SC. The van der Waals surface area contributed by atoms with Crippen molar-refractivity contribution in [1.82, 2.24) is 9.55 Å². The van der Waals surface area contributed by atoms with E-state index in [0.29, 0.717) is 23.8 Å². The molecule has 3 rings (SSSR count). The molecule has 1 aromatic carbocycles. The number of benzene rings is 1. The zero-order valence-electron chi connectivity index (χ0n) is 12.5. The van der Waals surface area contributed by atoms with Crippen LogP contribution in [0.25, 0.3) is 11.0 Å². The zero-order chi connectivity index (χ0) is 14.8. The molecule has 0 radical (unpaired) electrons. The second-order valence-electron chi connectivity index (χ2n) is 5.36. The number of hydrogen-bond acceptors (Lipinski definition) is 3. The van der Waals surface area contributed by atoms with Crippen molar-refractivity contribution in [1.29, 1.82) is 0 Å². The van der Waals surface area contributed by atoms with Gasteiger partial charge in [-0.1, -0.05) is 12.5 Å². The minimum atomic E-state index is 0.442. The number of rotatable bonds is 5. The Balaban J connectivity index is 2.14. The van der Waals surface area contributed by atoms with Crippen molar-refractivity contribution in [2.75, 3.05) is 12.9 Å². The molecule has 0 aliphatic heterocycles. The predicted molar refractivity (Wildman–Crippen MR) is 90.7 cm³/mol. The maximum absolute atomic E-state index is 6.17. The smallest absolute Gasteiger partial charge is 0.147 e. The van der Waals surface area contributed by atoms with Gasteiger partial charge in [-0.2, -0.15) is 11.8 Å². The van der Waals surface area contributed by atoms with E-state index in [2.05, 4.69) is 16.9 Å². The fourth-order valence-corrected chi connectivity index (χ4v) is 4.52. The summed E-state index contributed by atoms with van der Waals surface area (Å²) in [6.07, 6.45) is 5.97. The highest BCUT2D eigenvalue weighted by molar-refractivity contribution is 7.99. The van der Waals surface area contributed by atoms with Crippen molar-refractivity contribution in [3.63, 3.8) is 0 Å². The van der Waals surface area contributed by atoms with Crippen molar-refractivity contribution < 1.29 is 4.74 Å². The summed E-state index contributed by atoms with van der Waals surface area (Å²) in [5.41, 5.74) is 2.10. The van der Waals surface area contributed by atoms with Gasteiger partial charge in [0, 0.05) is 11.3 Å². The van der Waals surface area contributed by atoms with Gasteiger partial charge < -0.3 is 9.30 Å². The molecule has 21 heavy (non-hydrogen) atoms. The van der Waals surface area contributed by atoms with Crippen LogP contribution in [-0.2, 0) is 5.88 Å². The first-order valence-electron chi connectivity index (χ1n) is 7.51. The minimum Gasteiger partial charge on any atom is -0.492 e. The molecule has 1 heterocycles. The van der Waals surface area contributed by atoms with Crippen LogP contribution >= 0.6 is 23.4 Å². The number of para-hydroxylation sites is 1. The van der Waals surface area contributed by atoms with Crippen LogP contribution in [0.2, 0.25) is 0 Å². The van der Waals surface area contributed by atoms with E-state index >= 15 is 0 Å². The van der Waals surface area contributed by atoms with Crippen molar-refractivity contribution in [2.45, 2.75) is 43.4 Å². The maximum Gasteiger partial charge on any atom is 0.147 e. The fourth-order valence-electron chi connectivity index (χ4n) is 3.35. The monoisotopic (exact) mass is 324 g/mol. The molecule has 1 saturated carbocycles. The van der Waals surface area contributed by atoms with Gasteiger partial charge in [-0.05, 0) is 38.2 Å². The summed E-state index contributed by atoms with van der Waals surface area (Å²) < 4.78 is 8.08. The highest BCUT2D eigenvalue weighted by atomic mass is 35.5. The average Bonchev–Trinajstić information content (AvgIpc) is 3.10. The third-order valence-electron chi connectivity index (χ3n) is 4.23. The van der Waals surface area contributed by atoms with E-state index in [0.717, 1.165) is 22.6 Å². The summed E-state index contributed by atoms with van der Waals surface area (Å²) in [5, 5.41) is 0.653. The highest BCUT2D eigenvalue weighted by Gasteiger charge is 2.31. The van der Waals surface area contributed by atoms with E-state index in [4.69, 9.17) is 21.3 Å². The molecule has 1 fully saturated rings. The average molecular weight is 325 g/mol. The summed E-state index contributed by atoms with van der Waals surface area (Å²) in [4.78, 5) is 4.76. The van der Waals surface area contributed by atoms with Crippen LogP contribution < -0.4 is 4.74 Å². The topological polar surface area (TPSA) is 27.1 Å². The van der Waals surface area contributed by atoms with Gasteiger partial charge in [0.05, 0.1) is 18.0 Å². The van der Waals surface area contributed by atoms with Crippen LogP contribution in [0.5, 0.6) is 5.75 Å². The van der Waals surface area contributed by atoms with Crippen LogP contribution in [0.4, 0.5) is 0 Å². The molecule has 0 saturated heterocycles. The molecule has 1 aromatic heterocycles. The number of nitrogens with zero attached hydrogens (tertiary/aromatic N) is 2. The number of aromatic nitrogens is 2. The molecule has 2 atom stereocenters. The lowest BCUT2D eigenvalue weighted by molar-refractivity contribution is 0.343. The lowest BCUT2D eigenvalue weighted by Gasteiger charge is -2.22. The molecule has 2 unspecified atom stereocenters. The molecule has 1 aliphatic rings. The van der Waals surface area contributed by atoms with Gasteiger partial charge in [0.15, 0.2) is 0 Å². The van der Waals surface area contributed by atoms with Crippen molar-refractivity contribution in [3.05, 3.63) is 24.0 Å². The molecular formula is C16H21ClN2OS. The number of thioether (sulfide) groups is 1. The molecule has 1 aliphatic carbocycles. The second-order valence-corrected chi connectivity index (χ2v) is 6.71. The second kappa shape index (κ2) is 6.49. The molecule has 3 nitrogen and oxygen atoms in total. The molecule has 0 amide bonds. The first-order valence-corrected chi connectivity index (χ1v) is 9.33. The quantitative estimate of drug-likeness (QED) is 0.750. The number of alkyl halides is 1. The van der Waals surface area contributed by atoms with Gasteiger partial charge in [-0.25, -0.2) is 4.98 Å². The number of halogens is 1. The first-order chi connectivity index (χ1) is 10.3. The van der Waals surface area contributed by atoms with Crippen molar-refractivity contribution >= 4 is 34.4 Å². The molecule has 114 valence electrons. The Morgan fingerprint density at radius 1 is 1.43 bits per heavy atom. The lowest BCUT2D eigenvalue weighted by atomic mass is 10.2. The summed E-state index contributed by atoms with van der Waals surface area (Å²) in [5.74, 6) is 2.27. The third-order valence-corrected chi connectivity index (χ3v) is 5.62. The van der Waals surface area contributed by atoms with Gasteiger partial charge in [-0.3, -0.25) is 0 Å². The summed E-state index contributed by atoms with van der Waals surface area (Å²) >= 11 is 8.13. The predicted octanol–water partition coefficient (Wildman–Crippen LogP) is 4.63. The standard InChI is InChI=1S/C16H21ClN2OS/c1-3-20-13-8-4-7-12-16(13)18-15(10-17)19(12)11-6-5-9-14(11)21-2/h4,7-8,11,14H,3,5-6,9-10H2,1-2H3. The van der Waals surface area contributed by atoms with E-state index in [-0.39, 0.29) is 0 Å². The Bertz CT molecular complexity index is 628. The summed E-state index contributed by atoms with van der Waals surface area (Å²) in [6, 6.07) is 6.67. The Kier molecular flexibility index (Phi) is 4.65. The van der Waals surface area contributed by atoms with Crippen LogP contribution in [-0.4, -0.2) is 27.7 Å². The first kappa shape index (κ1) is 15.0. The van der Waals surface area contributed by atoms with Crippen LogP contribution in [0.15, 0.2) is 18.2 Å². The number of imidazole rings is 1. The molecule has 0 bridgehead atoms. The Morgan fingerprint density at radius 3 is 3.00 bits per heavy atom. The van der Waals surface area contributed by atoms with Crippen LogP contribution in [0.3, 0.4) is 0 Å². The minimum absolute atomic E-state index is 0.442. The molecule has 0 N–H and O–H groups in total. The molecule has 0 spiro atoms. The van der Waals surface area contributed by atoms with Crippen LogP contribution in [0.1, 0.15) is 38.1 Å². The van der Waals surface area contributed by atoms with Gasteiger partial charge in [0.2, 0.25) is 0 Å². The van der Waals surface area contributed by atoms with E-state index in [1.54, 1.807) is 0 Å². The van der Waals surface area contributed by atoms with Crippen molar-refractivity contribution in [3.8, 4) is 5.75 Å². The number of fused-ring (bicyclic) bond motifs is 1. The summed E-state index contributed by atoms with van der Waals surface area (Å²) in [6.45, 7) is 2.65. The van der Waals surface area contributed by atoms with Gasteiger partial charge in [0.25, 0.3) is 0 Å². The van der Waals surface area contributed by atoms with Gasteiger partial charge >= 0.3 is 0 Å². The Hall–Kier alpha value is -0.870. The van der Waals surface area contributed by atoms with E-state index in [1.807, 2.05) is 30.8 Å². The largest absolute Gasteiger partial charge is 0.492 e. The lowest BCUT2D eigenvalue weighted by Crippen LogP contribution is -2.17. The van der Waals surface area contributed by atoms with E-state index in [1.165, 1.54) is 19.3 Å². The Morgan fingerprint density at radius 2 is 2.29 bits per heavy atom. The van der Waals surface area contributed by atoms with E-state index < -0.39 is 0 Å². The summed E-state index contributed by atoms with van der Waals surface area (Å²) in [7, 11) is 0. The van der Waals surface area contributed by atoms with Crippen LogP contribution in [0, 0.1) is 0 Å². The molecule has 2 aromatic rings. The normalized spacial score (nSPS) is 22.0. The highest BCUT2D eigenvalue weighted by Crippen LogP contribution is 2.41. The van der Waals surface area contributed by atoms with E-state index in [9.17, 15) is 0 Å². The Labute approximate surface area is 135 Å². The maximum atomic E-state index is 6.17. The molecule has 5 heteroatoms. The zero-order valence-corrected chi connectivity index (χ0v) is 14.1. The van der Waals surface area contributed by atoms with Gasteiger partial charge in [-0.15, -0.1) is 11.6 Å². The number of hydrogen-bond donors (Lipinski definition) is 0.